The lowest BCUT2D eigenvalue weighted by Gasteiger charge is -2.31. The molecule has 3 heterocycles. The number of hydrogen-bond acceptors (Lipinski definition) is 7. The van der Waals surface area contributed by atoms with Crippen molar-refractivity contribution in [3.63, 3.8) is 0 Å². The number of ether oxygens (including phenoxy) is 1. The summed E-state index contributed by atoms with van der Waals surface area (Å²) in [4.78, 5) is 15.2. The van der Waals surface area contributed by atoms with Gasteiger partial charge < -0.3 is 9.64 Å². The lowest BCUT2D eigenvalue weighted by Crippen LogP contribution is -2.38. The molecule has 0 spiro atoms. The van der Waals surface area contributed by atoms with Gasteiger partial charge in [0.2, 0.25) is 11.0 Å². The zero-order valence-corrected chi connectivity index (χ0v) is 13.2. The zero-order valence-electron chi connectivity index (χ0n) is 12.4. The van der Waals surface area contributed by atoms with E-state index >= 15 is 0 Å². The van der Waals surface area contributed by atoms with E-state index in [0.717, 1.165) is 49.2 Å². The fourth-order valence-electron chi connectivity index (χ4n) is 2.72. The molecule has 2 fully saturated rings. The normalized spacial score (nSPS) is 19.4. The van der Waals surface area contributed by atoms with Gasteiger partial charge in [0.1, 0.15) is 11.9 Å². The van der Waals surface area contributed by atoms with Gasteiger partial charge in [-0.3, -0.25) is 4.98 Å². The van der Waals surface area contributed by atoms with Gasteiger partial charge in [-0.25, -0.2) is 9.97 Å². The highest BCUT2D eigenvalue weighted by atomic mass is 32.1. The van der Waals surface area contributed by atoms with Crippen LogP contribution >= 0.6 is 11.5 Å². The van der Waals surface area contributed by atoms with Gasteiger partial charge >= 0.3 is 0 Å². The molecule has 4 rings (SSSR count). The summed E-state index contributed by atoms with van der Waals surface area (Å²) in [6.07, 6.45) is 10.9. The smallest absolute Gasteiger partial charge is 0.232 e. The number of anilines is 1. The number of nitrogens with zero attached hydrogens (tertiary/aromatic N) is 5. The Morgan fingerprint density at radius 1 is 1.18 bits per heavy atom. The van der Waals surface area contributed by atoms with Gasteiger partial charge in [-0.15, -0.1) is 0 Å². The summed E-state index contributed by atoms with van der Waals surface area (Å²) < 4.78 is 10.4. The first-order valence-corrected chi connectivity index (χ1v) is 8.64. The topological polar surface area (TPSA) is 64.0 Å². The van der Waals surface area contributed by atoms with Gasteiger partial charge in [0.05, 0.1) is 6.20 Å². The minimum atomic E-state index is 0.215. The Morgan fingerprint density at radius 2 is 2.05 bits per heavy atom. The van der Waals surface area contributed by atoms with Gasteiger partial charge in [-0.2, -0.15) is 4.37 Å². The molecule has 1 aliphatic heterocycles. The quantitative estimate of drug-likeness (QED) is 0.843. The van der Waals surface area contributed by atoms with Crippen molar-refractivity contribution in [1.29, 1.82) is 0 Å². The van der Waals surface area contributed by atoms with Crippen molar-refractivity contribution in [3.05, 3.63) is 24.4 Å². The summed E-state index contributed by atoms with van der Waals surface area (Å²) >= 11 is 1.53. The molecular weight excluding hydrogens is 298 g/mol. The van der Waals surface area contributed by atoms with Crippen LogP contribution in [0.25, 0.3) is 0 Å². The third kappa shape index (κ3) is 3.35. The molecule has 22 heavy (non-hydrogen) atoms. The molecule has 0 aromatic carbocycles. The molecule has 116 valence electrons. The second-order valence-corrected chi connectivity index (χ2v) is 6.72. The maximum absolute atomic E-state index is 5.87. The minimum Gasteiger partial charge on any atom is -0.473 e. The summed E-state index contributed by atoms with van der Waals surface area (Å²) in [5.41, 5.74) is 0. The molecule has 0 N–H and O–H groups in total. The lowest BCUT2D eigenvalue weighted by molar-refractivity contribution is 0.163. The van der Waals surface area contributed by atoms with Crippen LogP contribution in [0, 0.1) is 5.92 Å². The van der Waals surface area contributed by atoms with E-state index in [2.05, 4.69) is 19.2 Å². The van der Waals surface area contributed by atoms with Crippen LogP contribution in [0.5, 0.6) is 5.88 Å². The third-order valence-electron chi connectivity index (χ3n) is 4.16. The SMILES string of the molecule is c1cnc(OC2CCN(c3nc(CC4CC4)ns3)CC2)cn1. The Kier molecular flexibility index (Phi) is 3.88. The van der Waals surface area contributed by atoms with Gasteiger partial charge in [0.15, 0.2) is 0 Å². The maximum Gasteiger partial charge on any atom is 0.232 e. The Balaban J connectivity index is 1.30. The first-order valence-electron chi connectivity index (χ1n) is 7.87. The fraction of sp³-hybridized carbons (Fsp3) is 0.600. The number of aromatic nitrogens is 4. The van der Waals surface area contributed by atoms with Crippen molar-refractivity contribution in [2.24, 2.45) is 5.92 Å². The summed E-state index contributed by atoms with van der Waals surface area (Å²) in [7, 11) is 0. The van der Waals surface area contributed by atoms with Crippen LogP contribution < -0.4 is 9.64 Å². The number of rotatable bonds is 5. The Bertz CT molecular complexity index is 607. The van der Waals surface area contributed by atoms with Crippen molar-refractivity contribution in [2.45, 2.75) is 38.2 Å². The molecule has 0 unspecified atom stereocenters. The van der Waals surface area contributed by atoms with Crippen LogP contribution in [0.15, 0.2) is 18.6 Å². The van der Waals surface area contributed by atoms with E-state index in [4.69, 9.17) is 9.72 Å². The highest BCUT2D eigenvalue weighted by Crippen LogP contribution is 2.33. The zero-order chi connectivity index (χ0) is 14.8. The summed E-state index contributed by atoms with van der Waals surface area (Å²) in [5, 5.41) is 1.06. The predicted molar refractivity (Wildman–Crippen MR) is 84.2 cm³/mol. The maximum atomic E-state index is 5.87. The van der Waals surface area contributed by atoms with Crippen molar-refractivity contribution < 1.29 is 4.74 Å². The molecular formula is C15H19N5OS. The fourth-order valence-corrected chi connectivity index (χ4v) is 3.46. The molecule has 1 saturated carbocycles. The molecule has 2 aliphatic rings. The van der Waals surface area contributed by atoms with E-state index in [1.54, 1.807) is 18.6 Å². The average Bonchev–Trinajstić information content (AvgIpc) is 3.25. The van der Waals surface area contributed by atoms with E-state index in [1.165, 1.54) is 24.4 Å². The van der Waals surface area contributed by atoms with Crippen LogP contribution in [-0.2, 0) is 6.42 Å². The molecule has 1 saturated heterocycles. The number of hydrogen-bond donors (Lipinski definition) is 0. The minimum absolute atomic E-state index is 0.215. The van der Waals surface area contributed by atoms with Gasteiger partial charge in [-0.05, 0) is 18.8 Å². The first-order chi connectivity index (χ1) is 10.9. The van der Waals surface area contributed by atoms with Crippen LogP contribution in [0.1, 0.15) is 31.5 Å². The summed E-state index contributed by atoms with van der Waals surface area (Å²) in [6.45, 7) is 1.92. The van der Waals surface area contributed by atoms with Gasteiger partial charge in [0, 0.05) is 56.3 Å². The second kappa shape index (κ2) is 6.16. The molecule has 0 bridgehead atoms. The van der Waals surface area contributed by atoms with Crippen LogP contribution in [0.3, 0.4) is 0 Å². The molecule has 2 aromatic heterocycles. The van der Waals surface area contributed by atoms with E-state index in [-0.39, 0.29) is 6.10 Å². The molecule has 1 aliphatic carbocycles. The Hall–Kier alpha value is -1.76. The number of piperidine rings is 1. The van der Waals surface area contributed by atoms with Crippen molar-refractivity contribution in [3.8, 4) is 5.88 Å². The molecule has 0 atom stereocenters. The van der Waals surface area contributed by atoms with E-state index in [0.29, 0.717) is 5.88 Å². The van der Waals surface area contributed by atoms with Crippen LogP contribution in [0.4, 0.5) is 5.13 Å². The summed E-state index contributed by atoms with van der Waals surface area (Å²) in [6, 6.07) is 0. The van der Waals surface area contributed by atoms with Crippen LogP contribution in [0.2, 0.25) is 0 Å². The average molecular weight is 317 g/mol. The van der Waals surface area contributed by atoms with E-state index < -0.39 is 0 Å². The molecule has 7 heteroatoms. The lowest BCUT2D eigenvalue weighted by atomic mass is 10.1. The Morgan fingerprint density at radius 3 is 2.77 bits per heavy atom. The first kappa shape index (κ1) is 13.9. The van der Waals surface area contributed by atoms with Crippen molar-refractivity contribution in [2.75, 3.05) is 18.0 Å². The Labute approximate surface area is 133 Å². The van der Waals surface area contributed by atoms with E-state index in [9.17, 15) is 0 Å². The predicted octanol–water partition coefficient (Wildman–Crippen LogP) is 2.33. The van der Waals surface area contributed by atoms with Gasteiger partial charge in [0.25, 0.3) is 0 Å². The van der Waals surface area contributed by atoms with E-state index in [1.807, 2.05) is 0 Å². The second-order valence-electron chi connectivity index (χ2n) is 5.99. The highest BCUT2D eigenvalue weighted by molar-refractivity contribution is 7.09. The summed E-state index contributed by atoms with van der Waals surface area (Å²) in [5.74, 6) is 2.48. The highest BCUT2D eigenvalue weighted by Gasteiger charge is 2.26. The largest absolute Gasteiger partial charge is 0.473 e. The van der Waals surface area contributed by atoms with Gasteiger partial charge in [-0.1, -0.05) is 0 Å². The molecule has 0 radical (unpaired) electrons. The third-order valence-corrected chi connectivity index (χ3v) is 4.98. The monoisotopic (exact) mass is 317 g/mol. The molecule has 6 nitrogen and oxygen atoms in total. The standard InChI is InChI=1S/C15H19N5OS/c1-2-11(1)9-13-18-15(22-19-13)20-7-3-12(4-8-20)21-14-10-16-5-6-17-14/h5-6,10-12H,1-4,7-9H2. The van der Waals surface area contributed by atoms with Crippen molar-refractivity contribution in [1.82, 2.24) is 19.3 Å². The van der Waals surface area contributed by atoms with Crippen molar-refractivity contribution >= 4 is 16.7 Å². The molecule has 0 amide bonds. The molecule has 2 aromatic rings. The van der Waals surface area contributed by atoms with Crippen LogP contribution in [-0.4, -0.2) is 38.5 Å².